The molecule has 2 heterocycles. The van der Waals surface area contributed by atoms with E-state index in [1.807, 2.05) is 0 Å². The van der Waals surface area contributed by atoms with Gasteiger partial charge in [0.1, 0.15) is 0 Å². The van der Waals surface area contributed by atoms with Gasteiger partial charge in [-0.05, 0) is 32.7 Å². The van der Waals surface area contributed by atoms with Crippen LogP contribution in [0.2, 0.25) is 0 Å². The molecular formula is C12H24N2O. The fourth-order valence-corrected chi connectivity index (χ4v) is 2.85. The Balaban J connectivity index is 1.83. The van der Waals surface area contributed by atoms with E-state index in [0.29, 0.717) is 18.2 Å². The lowest BCUT2D eigenvalue weighted by Crippen LogP contribution is -2.50. The minimum atomic E-state index is 0.394. The van der Waals surface area contributed by atoms with Crippen molar-refractivity contribution in [2.45, 2.75) is 45.4 Å². The monoisotopic (exact) mass is 212 g/mol. The van der Waals surface area contributed by atoms with Crippen molar-refractivity contribution >= 4 is 0 Å². The highest BCUT2D eigenvalue weighted by Crippen LogP contribution is 2.18. The zero-order valence-corrected chi connectivity index (χ0v) is 10.2. The summed E-state index contributed by atoms with van der Waals surface area (Å²) in [6.45, 7) is 11.3. The molecule has 0 aliphatic carbocycles. The maximum Gasteiger partial charge on any atom is 0.0678 e. The van der Waals surface area contributed by atoms with Gasteiger partial charge in [-0.15, -0.1) is 0 Å². The molecule has 15 heavy (non-hydrogen) atoms. The summed E-state index contributed by atoms with van der Waals surface area (Å²) in [5, 5.41) is 3.60. The molecule has 0 bridgehead atoms. The SMILES string of the molecule is CC1CCNC1CN1C[C@@H](C)O[C@@H](C)C1. The van der Waals surface area contributed by atoms with Crippen molar-refractivity contribution < 1.29 is 4.74 Å². The van der Waals surface area contributed by atoms with E-state index in [1.54, 1.807) is 0 Å². The number of nitrogens with zero attached hydrogens (tertiary/aromatic N) is 1. The van der Waals surface area contributed by atoms with E-state index in [0.717, 1.165) is 19.0 Å². The van der Waals surface area contributed by atoms with Gasteiger partial charge in [0.05, 0.1) is 12.2 Å². The largest absolute Gasteiger partial charge is 0.373 e. The highest BCUT2D eigenvalue weighted by atomic mass is 16.5. The zero-order chi connectivity index (χ0) is 10.8. The van der Waals surface area contributed by atoms with E-state index >= 15 is 0 Å². The van der Waals surface area contributed by atoms with Gasteiger partial charge < -0.3 is 10.1 Å². The quantitative estimate of drug-likeness (QED) is 0.741. The molecule has 0 aromatic rings. The van der Waals surface area contributed by atoms with Gasteiger partial charge in [0.15, 0.2) is 0 Å². The molecule has 2 fully saturated rings. The maximum absolute atomic E-state index is 5.75. The minimum Gasteiger partial charge on any atom is -0.373 e. The van der Waals surface area contributed by atoms with E-state index in [9.17, 15) is 0 Å². The molecule has 2 aliphatic rings. The van der Waals surface area contributed by atoms with Crippen LogP contribution >= 0.6 is 0 Å². The van der Waals surface area contributed by atoms with E-state index in [4.69, 9.17) is 4.74 Å². The Bertz CT molecular complexity index is 200. The van der Waals surface area contributed by atoms with Gasteiger partial charge in [-0.2, -0.15) is 0 Å². The number of ether oxygens (including phenoxy) is 1. The van der Waals surface area contributed by atoms with Gasteiger partial charge in [-0.3, -0.25) is 4.90 Å². The standard InChI is InChI=1S/C12H24N2O/c1-9-4-5-13-12(9)8-14-6-10(2)15-11(3)7-14/h9-13H,4-8H2,1-3H3/t9?,10-,11+,12?. The highest BCUT2D eigenvalue weighted by Gasteiger charge is 2.28. The van der Waals surface area contributed by atoms with Crippen molar-refractivity contribution in [2.24, 2.45) is 5.92 Å². The summed E-state index contributed by atoms with van der Waals surface area (Å²) >= 11 is 0. The molecule has 0 amide bonds. The third-order valence-electron chi connectivity index (χ3n) is 3.64. The van der Waals surface area contributed by atoms with Crippen LogP contribution < -0.4 is 5.32 Å². The molecule has 2 rings (SSSR count). The van der Waals surface area contributed by atoms with Gasteiger partial charge in [0.25, 0.3) is 0 Å². The molecule has 0 aromatic carbocycles. The van der Waals surface area contributed by atoms with Crippen LogP contribution in [0.5, 0.6) is 0 Å². The van der Waals surface area contributed by atoms with Crippen LogP contribution in [0.4, 0.5) is 0 Å². The minimum absolute atomic E-state index is 0.394. The van der Waals surface area contributed by atoms with Gasteiger partial charge in [0, 0.05) is 25.7 Å². The Morgan fingerprint density at radius 1 is 1.20 bits per heavy atom. The van der Waals surface area contributed by atoms with Crippen molar-refractivity contribution in [3.05, 3.63) is 0 Å². The van der Waals surface area contributed by atoms with Crippen LogP contribution in [-0.2, 0) is 4.74 Å². The first-order valence-electron chi connectivity index (χ1n) is 6.26. The Morgan fingerprint density at radius 3 is 2.40 bits per heavy atom. The van der Waals surface area contributed by atoms with E-state index in [-0.39, 0.29) is 0 Å². The summed E-state index contributed by atoms with van der Waals surface area (Å²) in [5.41, 5.74) is 0. The maximum atomic E-state index is 5.75. The summed E-state index contributed by atoms with van der Waals surface area (Å²) in [5.74, 6) is 0.832. The van der Waals surface area contributed by atoms with Crippen LogP contribution in [0, 0.1) is 5.92 Å². The fourth-order valence-electron chi connectivity index (χ4n) is 2.85. The molecular weight excluding hydrogens is 188 g/mol. The Morgan fingerprint density at radius 2 is 1.87 bits per heavy atom. The smallest absolute Gasteiger partial charge is 0.0678 e. The first kappa shape index (κ1) is 11.4. The molecule has 0 radical (unpaired) electrons. The van der Waals surface area contributed by atoms with E-state index in [1.165, 1.54) is 19.5 Å². The van der Waals surface area contributed by atoms with Crippen molar-refractivity contribution in [3.63, 3.8) is 0 Å². The second kappa shape index (κ2) is 4.81. The van der Waals surface area contributed by atoms with Gasteiger partial charge in [-0.25, -0.2) is 0 Å². The summed E-state index contributed by atoms with van der Waals surface area (Å²) in [4.78, 5) is 2.55. The van der Waals surface area contributed by atoms with Gasteiger partial charge in [0.2, 0.25) is 0 Å². The molecule has 0 spiro atoms. The summed E-state index contributed by atoms with van der Waals surface area (Å²) in [6.07, 6.45) is 2.12. The predicted octanol–water partition coefficient (Wildman–Crippen LogP) is 1.09. The van der Waals surface area contributed by atoms with Crippen LogP contribution in [0.3, 0.4) is 0 Å². The topological polar surface area (TPSA) is 24.5 Å². The number of morpholine rings is 1. The number of hydrogen-bond donors (Lipinski definition) is 1. The van der Waals surface area contributed by atoms with Crippen molar-refractivity contribution in [1.29, 1.82) is 0 Å². The molecule has 2 saturated heterocycles. The van der Waals surface area contributed by atoms with E-state index in [2.05, 4.69) is 31.0 Å². The summed E-state index contributed by atoms with van der Waals surface area (Å²) in [7, 11) is 0. The molecule has 3 heteroatoms. The normalized spacial score (nSPS) is 43.4. The second-order valence-electron chi connectivity index (χ2n) is 5.30. The molecule has 3 nitrogen and oxygen atoms in total. The average molecular weight is 212 g/mol. The lowest BCUT2D eigenvalue weighted by Gasteiger charge is -2.37. The molecule has 0 aromatic heterocycles. The van der Waals surface area contributed by atoms with Crippen LogP contribution in [0.25, 0.3) is 0 Å². The molecule has 0 saturated carbocycles. The van der Waals surface area contributed by atoms with Crippen LogP contribution in [0.15, 0.2) is 0 Å². The Hall–Kier alpha value is -0.120. The Labute approximate surface area is 93.2 Å². The fraction of sp³-hybridized carbons (Fsp3) is 1.00. The molecule has 2 unspecified atom stereocenters. The lowest BCUT2D eigenvalue weighted by atomic mass is 10.0. The first-order chi connectivity index (χ1) is 7.15. The van der Waals surface area contributed by atoms with Crippen LogP contribution in [0.1, 0.15) is 27.2 Å². The van der Waals surface area contributed by atoms with Crippen molar-refractivity contribution in [1.82, 2.24) is 10.2 Å². The third-order valence-corrected chi connectivity index (χ3v) is 3.64. The van der Waals surface area contributed by atoms with Gasteiger partial charge in [-0.1, -0.05) is 6.92 Å². The first-order valence-corrected chi connectivity index (χ1v) is 6.26. The molecule has 1 N–H and O–H groups in total. The number of hydrogen-bond acceptors (Lipinski definition) is 3. The zero-order valence-electron chi connectivity index (χ0n) is 10.2. The van der Waals surface area contributed by atoms with Gasteiger partial charge >= 0.3 is 0 Å². The highest BCUT2D eigenvalue weighted by molar-refractivity contribution is 4.85. The van der Waals surface area contributed by atoms with Crippen LogP contribution in [-0.4, -0.2) is 49.3 Å². The summed E-state index contributed by atoms with van der Waals surface area (Å²) in [6, 6.07) is 0.697. The third kappa shape index (κ3) is 2.92. The number of nitrogens with one attached hydrogen (secondary N) is 1. The number of rotatable bonds is 2. The average Bonchev–Trinajstić information content (AvgIpc) is 2.50. The second-order valence-corrected chi connectivity index (χ2v) is 5.30. The van der Waals surface area contributed by atoms with Crippen molar-refractivity contribution in [2.75, 3.05) is 26.2 Å². The molecule has 2 aliphatic heterocycles. The Kier molecular flexibility index (Phi) is 3.65. The summed E-state index contributed by atoms with van der Waals surface area (Å²) < 4.78 is 5.75. The molecule has 4 atom stereocenters. The lowest BCUT2D eigenvalue weighted by molar-refractivity contribution is -0.0702. The van der Waals surface area contributed by atoms with Crippen molar-refractivity contribution in [3.8, 4) is 0 Å². The predicted molar refractivity (Wildman–Crippen MR) is 62.0 cm³/mol. The van der Waals surface area contributed by atoms with E-state index < -0.39 is 0 Å². The molecule has 88 valence electrons.